The molecule has 0 radical (unpaired) electrons. The molecule has 1 aromatic carbocycles. The number of esters is 1. The maximum absolute atomic E-state index is 12.7. The van der Waals surface area contributed by atoms with Crippen LogP contribution in [0.15, 0.2) is 29.2 Å². The summed E-state index contributed by atoms with van der Waals surface area (Å²) >= 11 is 0. The quantitative estimate of drug-likeness (QED) is 0.736. The number of hydrogen-bond donors (Lipinski definition) is 0. The van der Waals surface area contributed by atoms with E-state index in [1.165, 1.54) is 40.4 Å². The largest absolute Gasteiger partial charge is 0.449 e. The Bertz CT molecular complexity index is 739. The van der Waals surface area contributed by atoms with Crippen molar-refractivity contribution in [3.05, 3.63) is 29.8 Å². The number of likely N-dealkylation sites (N-methyl/N-ethyl adjacent to an activating group) is 1. The van der Waals surface area contributed by atoms with E-state index in [1.807, 2.05) is 0 Å². The number of ether oxygens (including phenoxy) is 1. The van der Waals surface area contributed by atoms with E-state index < -0.39 is 22.1 Å². The maximum Gasteiger partial charge on any atom is 0.338 e. The van der Waals surface area contributed by atoms with Gasteiger partial charge in [-0.05, 0) is 38.0 Å². The minimum atomic E-state index is -3.63. The second kappa shape index (κ2) is 7.97. The molecule has 138 valence electrons. The SMILES string of the molecule is C[C@H](OC(=O)c1cccc(S(=O)(=O)N2CCCCC2)c1)C(=O)N(C)C. The second-order valence-corrected chi connectivity index (χ2v) is 8.21. The molecule has 0 aliphatic carbocycles. The molecule has 1 amide bonds. The van der Waals surface area contributed by atoms with Crippen molar-refractivity contribution in [3.8, 4) is 0 Å². The highest BCUT2D eigenvalue weighted by molar-refractivity contribution is 7.89. The highest BCUT2D eigenvalue weighted by atomic mass is 32.2. The zero-order valence-electron chi connectivity index (χ0n) is 14.8. The summed E-state index contributed by atoms with van der Waals surface area (Å²) in [4.78, 5) is 25.4. The molecule has 1 atom stereocenters. The van der Waals surface area contributed by atoms with Crippen molar-refractivity contribution >= 4 is 21.9 Å². The number of nitrogens with zero attached hydrogens (tertiary/aromatic N) is 2. The van der Waals surface area contributed by atoms with Crippen LogP contribution >= 0.6 is 0 Å². The van der Waals surface area contributed by atoms with Crippen LogP contribution in [0.25, 0.3) is 0 Å². The molecule has 0 bridgehead atoms. The third-order valence-electron chi connectivity index (χ3n) is 4.09. The molecule has 7 nitrogen and oxygen atoms in total. The zero-order valence-corrected chi connectivity index (χ0v) is 15.6. The summed E-state index contributed by atoms with van der Waals surface area (Å²) in [5.41, 5.74) is 0.108. The Morgan fingerprint density at radius 3 is 2.40 bits per heavy atom. The van der Waals surface area contributed by atoms with E-state index in [1.54, 1.807) is 14.1 Å². The number of sulfonamides is 1. The Labute approximate surface area is 148 Å². The number of hydrogen-bond acceptors (Lipinski definition) is 5. The molecular weight excluding hydrogens is 344 g/mol. The summed E-state index contributed by atoms with van der Waals surface area (Å²) in [6.45, 7) is 2.46. The van der Waals surface area contributed by atoms with Crippen molar-refractivity contribution in [1.29, 1.82) is 0 Å². The van der Waals surface area contributed by atoms with E-state index in [2.05, 4.69) is 0 Å². The molecule has 8 heteroatoms. The lowest BCUT2D eigenvalue weighted by atomic mass is 10.2. The third kappa shape index (κ3) is 4.58. The van der Waals surface area contributed by atoms with Crippen LogP contribution < -0.4 is 0 Å². The number of piperidine rings is 1. The first kappa shape index (κ1) is 19.4. The van der Waals surface area contributed by atoms with E-state index in [0.717, 1.165) is 19.3 Å². The lowest BCUT2D eigenvalue weighted by molar-refractivity contribution is -0.137. The van der Waals surface area contributed by atoms with Gasteiger partial charge in [0.15, 0.2) is 6.10 Å². The van der Waals surface area contributed by atoms with Crippen molar-refractivity contribution in [2.45, 2.75) is 37.2 Å². The molecule has 1 fully saturated rings. The summed E-state index contributed by atoms with van der Waals surface area (Å²) in [6, 6.07) is 5.75. The molecule has 1 saturated heterocycles. The Morgan fingerprint density at radius 2 is 1.80 bits per heavy atom. The van der Waals surface area contributed by atoms with Gasteiger partial charge in [-0.15, -0.1) is 0 Å². The molecule has 0 aromatic heterocycles. The van der Waals surface area contributed by atoms with Gasteiger partial charge in [0.05, 0.1) is 10.5 Å². The predicted octanol–water partition coefficient (Wildman–Crippen LogP) is 1.49. The predicted molar refractivity (Wildman–Crippen MR) is 92.6 cm³/mol. The first-order valence-electron chi connectivity index (χ1n) is 8.26. The maximum atomic E-state index is 12.7. The summed E-state index contributed by atoms with van der Waals surface area (Å²) in [5, 5.41) is 0. The molecule has 1 aromatic rings. The second-order valence-electron chi connectivity index (χ2n) is 6.27. The average molecular weight is 368 g/mol. The van der Waals surface area contributed by atoms with Crippen molar-refractivity contribution < 1.29 is 22.7 Å². The molecule has 1 aliphatic rings. The monoisotopic (exact) mass is 368 g/mol. The van der Waals surface area contributed by atoms with Crippen molar-refractivity contribution in [3.63, 3.8) is 0 Å². The van der Waals surface area contributed by atoms with Crippen LogP contribution in [-0.4, -0.2) is 62.8 Å². The molecule has 1 aliphatic heterocycles. The minimum Gasteiger partial charge on any atom is -0.449 e. The first-order valence-corrected chi connectivity index (χ1v) is 9.70. The number of amides is 1. The van der Waals surface area contributed by atoms with E-state index in [9.17, 15) is 18.0 Å². The summed E-state index contributed by atoms with van der Waals surface area (Å²) in [7, 11) is -0.490. The van der Waals surface area contributed by atoms with Gasteiger partial charge in [0.25, 0.3) is 5.91 Å². The Kier molecular flexibility index (Phi) is 6.18. The van der Waals surface area contributed by atoms with Gasteiger partial charge < -0.3 is 9.64 Å². The van der Waals surface area contributed by atoms with Gasteiger partial charge in [-0.1, -0.05) is 12.5 Å². The fourth-order valence-corrected chi connectivity index (χ4v) is 4.24. The molecule has 25 heavy (non-hydrogen) atoms. The van der Waals surface area contributed by atoms with E-state index in [4.69, 9.17) is 4.74 Å². The minimum absolute atomic E-state index is 0.0652. The van der Waals surface area contributed by atoms with Crippen molar-refractivity contribution in [2.75, 3.05) is 27.2 Å². The van der Waals surface area contributed by atoms with Gasteiger partial charge in [0.2, 0.25) is 10.0 Å². The molecule has 2 rings (SSSR count). The van der Waals surface area contributed by atoms with Crippen molar-refractivity contribution in [1.82, 2.24) is 9.21 Å². The van der Waals surface area contributed by atoms with E-state index in [0.29, 0.717) is 13.1 Å². The molecule has 0 N–H and O–H groups in total. The fourth-order valence-electron chi connectivity index (χ4n) is 2.68. The molecule has 0 unspecified atom stereocenters. The van der Waals surface area contributed by atoms with Crippen LogP contribution in [0.2, 0.25) is 0 Å². The van der Waals surface area contributed by atoms with E-state index in [-0.39, 0.29) is 16.4 Å². The highest BCUT2D eigenvalue weighted by Gasteiger charge is 2.27. The third-order valence-corrected chi connectivity index (χ3v) is 5.99. The Morgan fingerprint density at radius 1 is 1.16 bits per heavy atom. The standard InChI is InChI=1S/C17H24N2O5S/c1-13(16(20)18(2)3)24-17(21)14-8-7-9-15(12-14)25(22,23)19-10-5-4-6-11-19/h7-9,12-13H,4-6,10-11H2,1-3H3/t13-/m0/s1. The van der Waals surface area contributed by atoms with Gasteiger partial charge in [-0.25, -0.2) is 13.2 Å². The van der Waals surface area contributed by atoms with Crippen LogP contribution in [0.4, 0.5) is 0 Å². The average Bonchev–Trinajstić information content (AvgIpc) is 2.61. The fraction of sp³-hybridized carbons (Fsp3) is 0.529. The van der Waals surface area contributed by atoms with Crippen LogP contribution in [0.1, 0.15) is 36.5 Å². The van der Waals surface area contributed by atoms with Crippen LogP contribution in [0.3, 0.4) is 0 Å². The Hall–Kier alpha value is -1.93. The number of benzene rings is 1. The molecule has 0 spiro atoms. The van der Waals surface area contributed by atoms with Crippen LogP contribution in [-0.2, 0) is 19.6 Å². The van der Waals surface area contributed by atoms with Crippen molar-refractivity contribution in [2.24, 2.45) is 0 Å². The number of carbonyl (C=O) groups excluding carboxylic acids is 2. The lowest BCUT2D eigenvalue weighted by Crippen LogP contribution is -2.36. The smallest absolute Gasteiger partial charge is 0.338 e. The number of carbonyl (C=O) groups is 2. The van der Waals surface area contributed by atoms with Crippen LogP contribution in [0.5, 0.6) is 0 Å². The van der Waals surface area contributed by atoms with Gasteiger partial charge in [0, 0.05) is 27.2 Å². The van der Waals surface area contributed by atoms with Gasteiger partial charge in [-0.3, -0.25) is 4.79 Å². The zero-order chi connectivity index (χ0) is 18.6. The Balaban J connectivity index is 2.17. The number of rotatable bonds is 5. The molecule has 1 heterocycles. The first-order chi connectivity index (χ1) is 11.7. The molecule has 0 saturated carbocycles. The summed E-state index contributed by atoms with van der Waals surface area (Å²) in [5.74, 6) is -1.07. The summed E-state index contributed by atoms with van der Waals surface area (Å²) < 4.78 is 32.0. The highest BCUT2D eigenvalue weighted by Crippen LogP contribution is 2.21. The van der Waals surface area contributed by atoms with Gasteiger partial charge >= 0.3 is 5.97 Å². The lowest BCUT2D eigenvalue weighted by Gasteiger charge is -2.26. The van der Waals surface area contributed by atoms with Gasteiger partial charge in [0.1, 0.15) is 0 Å². The normalized spacial score (nSPS) is 16.9. The topological polar surface area (TPSA) is 84.0 Å². The summed E-state index contributed by atoms with van der Waals surface area (Å²) in [6.07, 6.45) is 1.76. The van der Waals surface area contributed by atoms with E-state index >= 15 is 0 Å². The van der Waals surface area contributed by atoms with Gasteiger partial charge in [-0.2, -0.15) is 4.31 Å². The van der Waals surface area contributed by atoms with Crippen LogP contribution in [0, 0.1) is 0 Å². The molecular formula is C17H24N2O5S.